The molecule has 10 heteroatoms. The number of nitrogens with zero attached hydrogens (tertiary/aromatic N) is 2. The Morgan fingerprint density at radius 1 is 1.15 bits per heavy atom. The van der Waals surface area contributed by atoms with Crippen molar-refractivity contribution in [3.05, 3.63) is 57.6 Å². The highest BCUT2D eigenvalue weighted by atomic mass is 16.6. The van der Waals surface area contributed by atoms with Crippen molar-refractivity contribution in [1.82, 2.24) is 5.32 Å². The number of amides is 3. The minimum absolute atomic E-state index is 0.0448. The Labute approximate surface area is 195 Å². The molecule has 2 fully saturated rings. The molecule has 2 saturated heterocycles. The van der Waals surface area contributed by atoms with E-state index in [1.54, 1.807) is 31.2 Å². The molecule has 3 amide bonds. The number of benzene rings is 2. The van der Waals surface area contributed by atoms with E-state index in [4.69, 9.17) is 4.74 Å². The van der Waals surface area contributed by atoms with Crippen LogP contribution in [0.2, 0.25) is 0 Å². The lowest BCUT2D eigenvalue weighted by atomic mass is 9.76. The van der Waals surface area contributed by atoms with Gasteiger partial charge in [0.1, 0.15) is 5.54 Å². The number of nitro benzene ring substituents is 1. The van der Waals surface area contributed by atoms with Crippen LogP contribution in [0, 0.1) is 34.8 Å². The number of anilines is 2. The number of nitro groups is 1. The summed E-state index contributed by atoms with van der Waals surface area (Å²) in [7, 11) is 1.29. The fourth-order valence-electron chi connectivity index (χ4n) is 5.71. The lowest BCUT2D eigenvalue weighted by Gasteiger charge is -2.30. The van der Waals surface area contributed by atoms with Gasteiger partial charge in [-0.15, -0.1) is 0 Å². The molecule has 2 aromatic carbocycles. The summed E-state index contributed by atoms with van der Waals surface area (Å²) in [6.07, 6.45) is 0. The number of aryl methyl sites for hydroxylation is 1. The van der Waals surface area contributed by atoms with Gasteiger partial charge in [0, 0.05) is 29.4 Å². The molecule has 2 aromatic rings. The number of fused-ring (bicyclic) bond motifs is 4. The van der Waals surface area contributed by atoms with E-state index >= 15 is 0 Å². The van der Waals surface area contributed by atoms with Crippen LogP contribution in [-0.4, -0.2) is 35.8 Å². The Hall–Kier alpha value is -3.79. The number of imide groups is 1. The molecule has 10 nitrogen and oxygen atoms in total. The highest BCUT2D eigenvalue weighted by Crippen LogP contribution is 2.55. The molecule has 0 saturated carbocycles. The normalized spacial score (nSPS) is 27.4. The molecular formula is C24H24N4O6. The van der Waals surface area contributed by atoms with Gasteiger partial charge >= 0.3 is 5.69 Å². The Balaban J connectivity index is 1.68. The van der Waals surface area contributed by atoms with Crippen LogP contribution in [0.15, 0.2) is 36.4 Å². The number of para-hydroxylation sites is 1. The Kier molecular flexibility index (Phi) is 4.77. The predicted molar refractivity (Wildman–Crippen MR) is 122 cm³/mol. The maximum absolute atomic E-state index is 14.0. The van der Waals surface area contributed by atoms with Gasteiger partial charge in [0.2, 0.25) is 17.7 Å². The number of carbonyl (C=O) groups excluding carboxylic acids is 3. The molecule has 0 aromatic heterocycles. The van der Waals surface area contributed by atoms with E-state index in [2.05, 4.69) is 10.6 Å². The summed E-state index contributed by atoms with van der Waals surface area (Å²) in [5, 5.41) is 17.7. The van der Waals surface area contributed by atoms with Crippen molar-refractivity contribution in [3.8, 4) is 5.75 Å². The van der Waals surface area contributed by atoms with Gasteiger partial charge in [-0.2, -0.15) is 0 Å². The summed E-state index contributed by atoms with van der Waals surface area (Å²) in [5.74, 6) is -3.16. The van der Waals surface area contributed by atoms with Gasteiger partial charge in [0.05, 0.1) is 29.6 Å². The van der Waals surface area contributed by atoms with Gasteiger partial charge in [-0.3, -0.25) is 29.8 Å². The van der Waals surface area contributed by atoms with Crippen molar-refractivity contribution in [2.24, 2.45) is 17.8 Å². The third-order valence-corrected chi connectivity index (χ3v) is 7.21. The van der Waals surface area contributed by atoms with Gasteiger partial charge < -0.3 is 10.1 Å². The Morgan fingerprint density at radius 2 is 1.85 bits per heavy atom. The van der Waals surface area contributed by atoms with Crippen molar-refractivity contribution in [2.75, 3.05) is 17.3 Å². The van der Waals surface area contributed by atoms with Gasteiger partial charge in [-0.05, 0) is 24.5 Å². The summed E-state index contributed by atoms with van der Waals surface area (Å²) in [6, 6.07) is 9.36. The second-order valence-corrected chi connectivity index (χ2v) is 9.30. The SMILES string of the molecule is COc1cc(N2C(=O)C3C(C(C)C)NC4(C(=O)Nc5ccccc54)C3C2=O)c(C)cc1[N+](=O)[O-]. The van der Waals surface area contributed by atoms with Crippen molar-refractivity contribution in [3.63, 3.8) is 0 Å². The molecule has 3 aliphatic heterocycles. The molecule has 1 spiro atoms. The summed E-state index contributed by atoms with van der Waals surface area (Å²) in [5.41, 5.74) is 0.209. The van der Waals surface area contributed by atoms with Gasteiger partial charge in [0.25, 0.3) is 0 Å². The lowest BCUT2D eigenvalue weighted by molar-refractivity contribution is -0.385. The average molecular weight is 464 g/mol. The summed E-state index contributed by atoms with van der Waals surface area (Å²) >= 11 is 0. The van der Waals surface area contributed by atoms with E-state index in [1.165, 1.54) is 19.2 Å². The second-order valence-electron chi connectivity index (χ2n) is 9.30. The zero-order chi connectivity index (χ0) is 24.5. The Bertz CT molecular complexity index is 1270. The van der Waals surface area contributed by atoms with Crippen LogP contribution in [0.3, 0.4) is 0 Å². The van der Waals surface area contributed by atoms with Gasteiger partial charge in [-0.1, -0.05) is 32.0 Å². The molecule has 2 N–H and O–H groups in total. The highest BCUT2D eigenvalue weighted by molar-refractivity contribution is 6.26. The van der Waals surface area contributed by atoms with Crippen LogP contribution in [0.25, 0.3) is 0 Å². The monoisotopic (exact) mass is 464 g/mol. The largest absolute Gasteiger partial charge is 0.490 e. The molecule has 3 heterocycles. The number of carbonyl (C=O) groups is 3. The van der Waals surface area contributed by atoms with E-state index < -0.39 is 40.2 Å². The first-order valence-electron chi connectivity index (χ1n) is 11.0. The minimum atomic E-state index is -1.38. The zero-order valence-electron chi connectivity index (χ0n) is 19.1. The minimum Gasteiger partial charge on any atom is -0.490 e. The average Bonchev–Trinajstić information content (AvgIpc) is 3.39. The van der Waals surface area contributed by atoms with Crippen LogP contribution in [0.4, 0.5) is 17.1 Å². The first-order chi connectivity index (χ1) is 16.1. The van der Waals surface area contributed by atoms with E-state index in [0.29, 0.717) is 16.8 Å². The molecule has 4 unspecified atom stereocenters. The van der Waals surface area contributed by atoms with Crippen LogP contribution < -0.4 is 20.3 Å². The molecule has 176 valence electrons. The van der Waals surface area contributed by atoms with E-state index in [-0.39, 0.29) is 28.9 Å². The van der Waals surface area contributed by atoms with Crippen molar-refractivity contribution in [1.29, 1.82) is 0 Å². The standard InChI is InChI=1S/C24H24N4O6/c1-11(2)20-18-19(24(26-20)13-7-5-6-8-14(13)25-23(24)31)22(30)27(21(18)29)15-10-17(34-4)16(28(32)33)9-12(15)3/h5-11,18-20,26H,1-4H3,(H,25,31). The Morgan fingerprint density at radius 3 is 2.50 bits per heavy atom. The van der Waals surface area contributed by atoms with E-state index in [1.807, 2.05) is 13.8 Å². The van der Waals surface area contributed by atoms with Crippen molar-refractivity contribution >= 4 is 34.8 Å². The topological polar surface area (TPSA) is 131 Å². The van der Waals surface area contributed by atoms with Gasteiger partial charge in [0.15, 0.2) is 5.75 Å². The second kappa shape index (κ2) is 7.36. The van der Waals surface area contributed by atoms with Crippen LogP contribution in [-0.2, 0) is 19.9 Å². The number of ether oxygens (including phenoxy) is 1. The quantitative estimate of drug-likeness (QED) is 0.404. The molecule has 5 rings (SSSR count). The summed E-state index contributed by atoms with van der Waals surface area (Å²) < 4.78 is 5.18. The maximum atomic E-state index is 14.0. The smallest absolute Gasteiger partial charge is 0.311 e. The zero-order valence-corrected chi connectivity index (χ0v) is 19.1. The van der Waals surface area contributed by atoms with Crippen molar-refractivity contribution in [2.45, 2.75) is 32.4 Å². The summed E-state index contributed by atoms with van der Waals surface area (Å²) in [6.45, 7) is 5.47. The highest BCUT2D eigenvalue weighted by Gasteiger charge is 2.71. The van der Waals surface area contributed by atoms with E-state index in [0.717, 1.165) is 4.90 Å². The fourth-order valence-corrected chi connectivity index (χ4v) is 5.71. The number of hydrogen-bond donors (Lipinski definition) is 2. The predicted octanol–water partition coefficient (Wildman–Crippen LogP) is 2.49. The number of rotatable bonds is 4. The molecule has 0 aliphatic carbocycles. The van der Waals surface area contributed by atoms with Crippen LogP contribution in [0.1, 0.15) is 25.0 Å². The molecular weight excluding hydrogens is 440 g/mol. The van der Waals surface area contributed by atoms with E-state index in [9.17, 15) is 24.5 Å². The first kappa shape index (κ1) is 22.0. The number of hydrogen-bond acceptors (Lipinski definition) is 7. The van der Waals surface area contributed by atoms with Gasteiger partial charge in [-0.25, -0.2) is 4.90 Å². The molecule has 3 aliphatic rings. The molecule has 0 bridgehead atoms. The van der Waals surface area contributed by atoms with Crippen molar-refractivity contribution < 1.29 is 24.0 Å². The summed E-state index contributed by atoms with van der Waals surface area (Å²) in [4.78, 5) is 53.1. The third-order valence-electron chi connectivity index (χ3n) is 7.21. The third kappa shape index (κ3) is 2.68. The molecule has 34 heavy (non-hydrogen) atoms. The van der Waals surface area contributed by atoms with Crippen LogP contribution >= 0.6 is 0 Å². The van der Waals surface area contributed by atoms with Crippen LogP contribution in [0.5, 0.6) is 5.75 Å². The lowest BCUT2D eigenvalue weighted by Crippen LogP contribution is -2.54. The maximum Gasteiger partial charge on any atom is 0.311 e. The molecule has 4 atom stereocenters. The first-order valence-corrected chi connectivity index (χ1v) is 11.0. The number of nitrogens with one attached hydrogen (secondary N) is 2. The number of methoxy groups -OCH3 is 1. The molecule has 0 radical (unpaired) electrons. The fraction of sp³-hybridized carbons (Fsp3) is 0.375.